The average molecular weight is 221 g/mol. The zero-order valence-electron chi connectivity index (χ0n) is 9.33. The lowest BCUT2D eigenvalue weighted by atomic mass is 10.1. The molecule has 0 aromatic heterocycles. The Hall–Kier alpha value is -2.04. The normalized spacial score (nSPS) is 9.62. The topological polar surface area (TPSA) is 84.2 Å². The summed E-state index contributed by atoms with van der Waals surface area (Å²) in [6.45, 7) is 4.02. The third-order valence-corrected chi connectivity index (χ3v) is 2.22. The first kappa shape index (κ1) is 12.0. The monoisotopic (exact) mass is 221 g/mol. The maximum Gasteiger partial charge on any atom is 0.318 e. The Morgan fingerprint density at radius 1 is 1.25 bits per heavy atom. The molecule has 5 heteroatoms. The summed E-state index contributed by atoms with van der Waals surface area (Å²) >= 11 is 0. The van der Waals surface area contributed by atoms with Gasteiger partial charge in [0.2, 0.25) is 5.91 Å². The number of hydrogen-bond acceptors (Lipinski definition) is 3. The van der Waals surface area contributed by atoms with E-state index in [1.165, 1.54) is 5.56 Å². The molecular weight excluding hydrogens is 206 g/mol. The number of nitrogens with one attached hydrogen (secondary N) is 2. The van der Waals surface area contributed by atoms with Crippen molar-refractivity contribution in [1.29, 1.82) is 0 Å². The molecule has 0 heterocycles. The third-order valence-electron chi connectivity index (χ3n) is 2.22. The first-order chi connectivity index (χ1) is 7.49. The second-order valence-electron chi connectivity index (χ2n) is 3.57. The van der Waals surface area contributed by atoms with E-state index in [2.05, 4.69) is 5.32 Å². The lowest BCUT2D eigenvalue weighted by molar-refractivity contribution is -0.118. The SMILES string of the molecule is Cc1ccc(NCC(=O)NC(N)=O)cc1C. The van der Waals surface area contributed by atoms with Crippen LogP contribution in [0.2, 0.25) is 0 Å². The number of urea groups is 1. The number of hydrogen-bond donors (Lipinski definition) is 3. The maximum atomic E-state index is 11.1. The number of benzene rings is 1. The molecule has 0 spiro atoms. The van der Waals surface area contributed by atoms with E-state index >= 15 is 0 Å². The molecular formula is C11H15N3O2. The predicted molar refractivity (Wildman–Crippen MR) is 62.1 cm³/mol. The molecule has 1 aromatic carbocycles. The second kappa shape index (κ2) is 5.16. The van der Waals surface area contributed by atoms with Gasteiger partial charge in [0, 0.05) is 5.69 Å². The summed E-state index contributed by atoms with van der Waals surface area (Å²) in [5.41, 5.74) is 7.97. The first-order valence-electron chi connectivity index (χ1n) is 4.89. The van der Waals surface area contributed by atoms with Crippen LogP contribution in [0.15, 0.2) is 18.2 Å². The van der Waals surface area contributed by atoms with Gasteiger partial charge in [-0.2, -0.15) is 0 Å². The summed E-state index contributed by atoms with van der Waals surface area (Å²) in [5.74, 6) is -0.453. The van der Waals surface area contributed by atoms with Crippen molar-refractivity contribution >= 4 is 17.6 Å². The molecule has 3 amide bonds. The van der Waals surface area contributed by atoms with E-state index in [4.69, 9.17) is 5.73 Å². The van der Waals surface area contributed by atoms with Crippen LogP contribution < -0.4 is 16.4 Å². The van der Waals surface area contributed by atoms with Crippen molar-refractivity contribution < 1.29 is 9.59 Å². The van der Waals surface area contributed by atoms with E-state index in [1.807, 2.05) is 37.4 Å². The highest BCUT2D eigenvalue weighted by Crippen LogP contribution is 2.13. The second-order valence-corrected chi connectivity index (χ2v) is 3.57. The number of carbonyl (C=O) groups is 2. The van der Waals surface area contributed by atoms with Gasteiger partial charge < -0.3 is 11.1 Å². The highest BCUT2D eigenvalue weighted by molar-refractivity contribution is 5.95. The smallest absolute Gasteiger partial charge is 0.318 e. The Morgan fingerprint density at radius 3 is 2.50 bits per heavy atom. The molecule has 0 saturated heterocycles. The predicted octanol–water partition coefficient (Wildman–Crippen LogP) is 0.910. The number of carbonyl (C=O) groups excluding carboxylic acids is 2. The molecule has 0 fully saturated rings. The molecule has 0 unspecified atom stereocenters. The van der Waals surface area contributed by atoms with Crippen LogP contribution in [-0.2, 0) is 4.79 Å². The summed E-state index contributed by atoms with van der Waals surface area (Å²) in [5, 5.41) is 4.87. The number of imide groups is 1. The average Bonchev–Trinajstić information content (AvgIpc) is 2.19. The van der Waals surface area contributed by atoms with E-state index in [0.717, 1.165) is 11.3 Å². The van der Waals surface area contributed by atoms with Gasteiger partial charge in [0.1, 0.15) is 0 Å². The molecule has 0 atom stereocenters. The van der Waals surface area contributed by atoms with Crippen LogP contribution >= 0.6 is 0 Å². The lowest BCUT2D eigenvalue weighted by Crippen LogP contribution is -2.38. The van der Waals surface area contributed by atoms with Gasteiger partial charge >= 0.3 is 6.03 Å². The van der Waals surface area contributed by atoms with Gasteiger partial charge in [-0.15, -0.1) is 0 Å². The summed E-state index contributed by atoms with van der Waals surface area (Å²) < 4.78 is 0. The van der Waals surface area contributed by atoms with Crippen LogP contribution in [0.25, 0.3) is 0 Å². The lowest BCUT2D eigenvalue weighted by Gasteiger charge is -2.07. The minimum absolute atomic E-state index is 0.0193. The van der Waals surface area contributed by atoms with Crippen molar-refractivity contribution in [3.05, 3.63) is 29.3 Å². The molecule has 0 bridgehead atoms. The van der Waals surface area contributed by atoms with Crippen molar-refractivity contribution in [2.45, 2.75) is 13.8 Å². The molecule has 0 saturated carbocycles. The van der Waals surface area contributed by atoms with E-state index in [1.54, 1.807) is 0 Å². The van der Waals surface area contributed by atoms with Crippen molar-refractivity contribution in [1.82, 2.24) is 5.32 Å². The number of amides is 3. The number of anilines is 1. The number of aryl methyl sites for hydroxylation is 2. The quantitative estimate of drug-likeness (QED) is 0.709. The zero-order chi connectivity index (χ0) is 12.1. The van der Waals surface area contributed by atoms with Gasteiger partial charge in [0.25, 0.3) is 0 Å². The maximum absolute atomic E-state index is 11.1. The standard InChI is InChI=1S/C11H15N3O2/c1-7-3-4-9(5-8(7)2)13-6-10(15)14-11(12)16/h3-5,13H,6H2,1-2H3,(H3,12,14,15,16). The molecule has 5 nitrogen and oxygen atoms in total. The van der Waals surface area contributed by atoms with E-state index in [0.29, 0.717) is 0 Å². The number of primary amides is 1. The van der Waals surface area contributed by atoms with Crippen molar-refractivity contribution in [3.63, 3.8) is 0 Å². The van der Waals surface area contributed by atoms with Crippen molar-refractivity contribution in [3.8, 4) is 0 Å². The van der Waals surface area contributed by atoms with Gasteiger partial charge in [-0.3, -0.25) is 10.1 Å². The molecule has 0 radical (unpaired) electrons. The third kappa shape index (κ3) is 3.61. The van der Waals surface area contributed by atoms with Crippen LogP contribution in [0.3, 0.4) is 0 Å². The molecule has 0 aliphatic rings. The summed E-state index contributed by atoms with van der Waals surface area (Å²) in [6.07, 6.45) is 0. The van der Waals surface area contributed by atoms with Crippen LogP contribution in [-0.4, -0.2) is 18.5 Å². The summed E-state index contributed by atoms with van der Waals surface area (Å²) in [6, 6.07) is 4.93. The molecule has 1 rings (SSSR count). The Labute approximate surface area is 94.0 Å². The van der Waals surface area contributed by atoms with Gasteiger partial charge in [-0.05, 0) is 37.1 Å². The fraction of sp³-hybridized carbons (Fsp3) is 0.273. The summed E-state index contributed by atoms with van der Waals surface area (Å²) in [4.78, 5) is 21.5. The largest absolute Gasteiger partial charge is 0.376 e. The highest BCUT2D eigenvalue weighted by atomic mass is 16.2. The molecule has 86 valence electrons. The minimum atomic E-state index is -0.841. The Balaban J connectivity index is 2.51. The molecule has 0 aliphatic carbocycles. The Bertz CT molecular complexity index is 416. The molecule has 1 aromatic rings. The van der Waals surface area contributed by atoms with Crippen LogP contribution in [0.5, 0.6) is 0 Å². The zero-order valence-corrected chi connectivity index (χ0v) is 9.33. The van der Waals surface area contributed by atoms with Crippen LogP contribution in [0, 0.1) is 13.8 Å². The number of nitrogens with two attached hydrogens (primary N) is 1. The van der Waals surface area contributed by atoms with Crippen molar-refractivity contribution in [2.75, 3.05) is 11.9 Å². The fourth-order valence-electron chi connectivity index (χ4n) is 1.22. The molecule has 4 N–H and O–H groups in total. The fourth-order valence-corrected chi connectivity index (χ4v) is 1.22. The highest BCUT2D eigenvalue weighted by Gasteiger charge is 2.03. The molecule has 0 aliphatic heterocycles. The van der Waals surface area contributed by atoms with Crippen LogP contribution in [0.1, 0.15) is 11.1 Å². The van der Waals surface area contributed by atoms with Gasteiger partial charge in [-0.1, -0.05) is 6.07 Å². The van der Waals surface area contributed by atoms with Crippen LogP contribution in [0.4, 0.5) is 10.5 Å². The first-order valence-corrected chi connectivity index (χ1v) is 4.89. The number of rotatable bonds is 3. The van der Waals surface area contributed by atoms with E-state index in [9.17, 15) is 9.59 Å². The van der Waals surface area contributed by atoms with E-state index in [-0.39, 0.29) is 6.54 Å². The van der Waals surface area contributed by atoms with E-state index < -0.39 is 11.9 Å². The Kier molecular flexibility index (Phi) is 3.88. The van der Waals surface area contributed by atoms with Gasteiger partial charge in [-0.25, -0.2) is 4.79 Å². The van der Waals surface area contributed by atoms with Gasteiger partial charge in [0.05, 0.1) is 6.54 Å². The van der Waals surface area contributed by atoms with Gasteiger partial charge in [0.15, 0.2) is 0 Å². The molecule has 16 heavy (non-hydrogen) atoms. The van der Waals surface area contributed by atoms with Crippen molar-refractivity contribution in [2.24, 2.45) is 5.73 Å². The Morgan fingerprint density at radius 2 is 1.94 bits per heavy atom. The summed E-state index contributed by atoms with van der Waals surface area (Å²) in [7, 11) is 0. The minimum Gasteiger partial charge on any atom is -0.376 e.